The molecular formula is C23H22ClFN4O4. The molecular weight excluding hydrogens is 451 g/mol. The second kappa shape index (κ2) is 9.44. The Kier molecular flexibility index (Phi) is 6.24. The van der Waals surface area contributed by atoms with Gasteiger partial charge in [0.25, 0.3) is 5.91 Å². The lowest BCUT2D eigenvalue weighted by atomic mass is 10.0. The highest BCUT2D eigenvalue weighted by Crippen LogP contribution is 2.39. The molecule has 2 atom stereocenters. The van der Waals surface area contributed by atoms with Crippen molar-refractivity contribution in [3.63, 3.8) is 0 Å². The molecule has 1 aliphatic heterocycles. The zero-order valence-corrected chi connectivity index (χ0v) is 18.4. The number of nitrogens with zero attached hydrogens (tertiary/aromatic N) is 3. The van der Waals surface area contributed by atoms with Crippen molar-refractivity contribution in [1.82, 2.24) is 20.5 Å². The minimum absolute atomic E-state index is 0.00257. The van der Waals surface area contributed by atoms with Crippen LogP contribution in [-0.4, -0.2) is 40.3 Å². The van der Waals surface area contributed by atoms with E-state index < -0.39 is 5.82 Å². The highest BCUT2D eigenvalue weighted by Gasteiger charge is 2.29. The minimum Gasteiger partial charge on any atom is -0.484 e. The van der Waals surface area contributed by atoms with E-state index in [-0.39, 0.29) is 35.4 Å². The summed E-state index contributed by atoms with van der Waals surface area (Å²) < 4.78 is 30.4. The van der Waals surface area contributed by atoms with Crippen LogP contribution < -0.4 is 10.1 Å². The molecule has 33 heavy (non-hydrogen) atoms. The van der Waals surface area contributed by atoms with Crippen molar-refractivity contribution in [2.45, 2.75) is 43.7 Å². The number of hydrogen-bond acceptors (Lipinski definition) is 7. The third kappa shape index (κ3) is 5.31. The molecule has 1 aromatic carbocycles. The first-order valence-corrected chi connectivity index (χ1v) is 11.2. The van der Waals surface area contributed by atoms with Gasteiger partial charge in [-0.15, -0.1) is 10.2 Å². The van der Waals surface area contributed by atoms with Crippen LogP contribution in [0.25, 0.3) is 11.5 Å². The van der Waals surface area contributed by atoms with Crippen molar-refractivity contribution >= 4 is 17.5 Å². The van der Waals surface area contributed by atoms with Crippen molar-refractivity contribution < 1.29 is 23.1 Å². The maximum atomic E-state index is 13.4. The van der Waals surface area contributed by atoms with Gasteiger partial charge in [0.1, 0.15) is 17.7 Å². The number of aromatic nitrogens is 3. The molecule has 0 radical (unpaired) electrons. The number of amides is 1. The summed E-state index contributed by atoms with van der Waals surface area (Å²) in [6, 6.07) is 7.81. The lowest BCUT2D eigenvalue weighted by Crippen LogP contribution is -2.43. The van der Waals surface area contributed by atoms with Crippen LogP contribution in [0.15, 0.2) is 40.9 Å². The smallest absolute Gasteiger partial charge is 0.258 e. The van der Waals surface area contributed by atoms with E-state index in [2.05, 4.69) is 20.5 Å². The number of halogens is 2. The highest BCUT2D eigenvalue weighted by atomic mass is 35.5. The monoisotopic (exact) mass is 472 g/mol. The van der Waals surface area contributed by atoms with E-state index in [4.69, 9.17) is 25.5 Å². The normalized spacial score (nSPS) is 20.4. The van der Waals surface area contributed by atoms with E-state index in [9.17, 15) is 9.18 Å². The van der Waals surface area contributed by atoms with E-state index >= 15 is 0 Å². The molecule has 172 valence electrons. The number of benzene rings is 1. The van der Waals surface area contributed by atoms with Gasteiger partial charge in [-0.2, -0.15) is 0 Å². The average Bonchev–Trinajstić information content (AvgIpc) is 3.57. The summed E-state index contributed by atoms with van der Waals surface area (Å²) in [5.41, 5.74) is 1.88. The summed E-state index contributed by atoms with van der Waals surface area (Å²) in [5, 5.41) is 11.1. The first kappa shape index (κ1) is 21.8. The number of carbonyl (C=O) groups excluding carboxylic acids is 1. The molecule has 1 saturated heterocycles. The van der Waals surface area contributed by atoms with Crippen LogP contribution in [0.1, 0.15) is 49.3 Å². The molecule has 10 heteroatoms. The molecule has 2 fully saturated rings. The van der Waals surface area contributed by atoms with Crippen LogP contribution in [0, 0.1) is 5.82 Å². The van der Waals surface area contributed by atoms with Crippen LogP contribution in [-0.2, 0) is 9.53 Å². The fraction of sp³-hybridized carbons (Fsp3) is 0.391. The summed E-state index contributed by atoms with van der Waals surface area (Å²) in [6.07, 6.45) is 5.14. The van der Waals surface area contributed by atoms with Crippen molar-refractivity contribution in [3.8, 4) is 17.2 Å². The second-order valence-corrected chi connectivity index (χ2v) is 8.63. The van der Waals surface area contributed by atoms with Crippen LogP contribution in [0.2, 0.25) is 5.02 Å². The maximum Gasteiger partial charge on any atom is 0.258 e. The number of nitrogens with one attached hydrogen (secondary N) is 1. The summed E-state index contributed by atoms with van der Waals surface area (Å²) >= 11 is 5.64. The molecule has 0 bridgehead atoms. The van der Waals surface area contributed by atoms with Gasteiger partial charge in [-0.1, -0.05) is 11.6 Å². The standard InChI is InChI=1S/C23H22ClFN4O4/c24-17-6-5-16(9-18(17)25)31-12-21(30)27-15-4-8-20(32-11-15)23-29-28-22(33-23)14-3-7-19(26-10-14)13-1-2-13/h3,5-7,9-10,13,15,20H,1-2,4,8,11-12H2,(H,27,30)/t15-,20-/m0/s1. The Bertz CT molecular complexity index is 1130. The molecule has 1 saturated carbocycles. The van der Waals surface area contributed by atoms with Gasteiger partial charge < -0.3 is 19.2 Å². The molecule has 1 N–H and O–H groups in total. The number of carbonyl (C=O) groups is 1. The van der Waals surface area contributed by atoms with Crippen LogP contribution >= 0.6 is 11.6 Å². The zero-order chi connectivity index (χ0) is 22.8. The summed E-state index contributed by atoms with van der Waals surface area (Å²) in [6.45, 7) is 0.0723. The maximum absolute atomic E-state index is 13.4. The first-order valence-electron chi connectivity index (χ1n) is 10.8. The van der Waals surface area contributed by atoms with Crippen molar-refractivity contribution in [2.24, 2.45) is 0 Å². The van der Waals surface area contributed by atoms with E-state index in [1.165, 1.54) is 25.0 Å². The van der Waals surface area contributed by atoms with Gasteiger partial charge in [0.05, 0.1) is 23.2 Å². The van der Waals surface area contributed by atoms with Gasteiger partial charge in [-0.3, -0.25) is 9.78 Å². The third-order valence-electron chi connectivity index (χ3n) is 5.65. The van der Waals surface area contributed by atoms with Crippen molar-refractivity contribution in [2.75, 3.05) is 13.2 Å². The zero-order valence-electron chi connectivity index (χ0n) is 17.7. The summed E-state index contributed by atoms with van der Waals surface area (Å²) in [7, 11) is 0. The Hall–Kier alpha value is -3.04. The number of pyridine rings is 1. The Labute approximate surface area is 194 Å². The second-order valence-electron chi connectivity index (χ2n) is 8.22. The van der Waals surface area contributed by atoms with Crippen LogP contribution in [0.3, 0.4) is 0 Å². The molecule has 1 amide bonds. The summed E-state index contributed by atoms with van der Waals surface area (Å²) in [4.78, 5) is 16.6. The van der Waals surface area contributed by atoms with Gasteiger partial charge in [-0.05, 0) is 49.9 Å². The summed E-state index contributed by atoms with van der Waals surface area (Å²) in [5.74, 6) is 0.727. The quantitative estimate of drug-likeness (QED) is 0.549. The largest absolute Gasteiger partial charge is 0.484 e. The topological polar surface area (TPSA) is 99.4 Å². The molecule has 3 aromatic rings. The van der Waals surface area contributed by atoms with E-state index in [1.54, 1.807) is 6.20 Å². The molecule has 0 unspecified atom stereocenters. The number of hydrogen-bond donors (Lipinski definition) is 1. The fourth-order valence-corrected chi connectivity index (χ4v) is 3.80. The Balaban J connectivity index is 1.09. The fourth-order valence-electron chi connectivity index (χ4n) is 3.68. The lowest BCUT2D eigenvalue weighted by Gasteiger charge is -2.27. The van der Waals surface area contributed by atoms with E-state index in [0.29, 0.717) is 37.1 Å². The molecule has 5 rings (SSSR count). The first-order chi connectivity index (χ1) is 16.0. The van der Waals surface area contributed by atoms with Gasteiger partial charge in [-0.25, -0.2) is 4.39 Å². The van der Waals surface area contributed by atoms with Crippen LogP contribution in [0.4, 0.5) is 4.39 Å². The molecule has 3 heterocycles. The lowest BCUT2D eigenvalue weighted by molar-refractivity contribution is -0.125. The minimum atomic E-state index is -0.600. The molecule has 2 aromatic heterocycles. The predicted octanol–water partition coefficient (Wildman–Crippen LogP) is 4.22. The van der Waals surface area contributed by atoms with Gasteiger partial charge in [0.2, 0.25) is 11.8 Å². The van der Waals surface area contributed by atoms with Gasteiger partial charge in [0.15, 0.2) is 6.61 Å². The molecule has 8 nitrogen and oxygen atoms in total. The van der Waals surface area contributed by atoms with Crippen LogP contribution in [0.5, 0.6) is 5.75 Å². The predicted molar refractivity (Wildman–Crippen MR) is 116 cm³/mol. The number of ether oxygens (including phenoxy) is 2. The van der Waals surface area contributed by atoms with E-state index in [1.807, 2.05) is 12.1 Å². The SMILES string of the molecule is O=C(COc1ccc(Cl)c(F)c1)N[C@H]1CC[C@@H](c2nnc(-c3ccc(C4CC4)nc3)o2)OC1. The molecule has 2 aliphatic rings. The van der Waals surface area contributed by atoms with Crippen molar-refractivity contribution in [3.05, 3.63) is 59.0 Å². The average molecular weight is 473 g/mol. The van der Waals surface area contributed by atoms with Gasteiger partial charge in [0, 0.05) is 23.9 Å². The van der Waals surface area contributed by atoms with E-state index in [0.717, 1.165) is 17.3 Å². The number of rotatable bonds is 7. The highest BCUT2D eigenvalue weighted by molar-refractivity contribution is 6.30. The Morgan fingerprint density at radius 1 is 1.18 bits per heavy atom. The molecule has 1 aliphatic carbocycles. The molecule has 0 spiro atoms. The Morgan fingerprint density at radius 3 is 2.76 bits per heavy atom. The van der Waals surface area contributed by atoms with Crippen molar-refractivity contribution in [1.29, 1.82) is 0 Å². The van der Waals surface area contributed by atoms with Gasteiger partial charge >= 0.3 is 0 Å². The third-order valence-corrected chi connectivity index (χ3v) is 5.95. The Morgan fingerprint density at radius 2 is 2.06 bits per heavy atom.